The monoisotopic (exact) mass is 554 g/mol. The van der Waals surface area contributed by atoms with Crippen LogP contribution in [0.2, 0.25) is 5.02 Å². The molecule has 10 heteroatoms. The first-order chi connectivity index (χ1) is 18.6. The number of carbonyl (C=O) groups is 2. The van der Waals surface area contributed by atoms with Gasteiger partial charge in [-0.05, 0) is 59.7 Å². The largest absolute Gasteiger partial charge is 0.481 e. The lowest BCUT2D eigenvalue weighted by atomic mass is 9.93. The second-order valence-corrected chi connectivity index (χ2v) is 8.94. The topological polar surface area (TPSA) is 88.5 Å². The molecule has 1 amide bonds. The van der Waals surface area contributed by atoms with Crippen molar-refractivity contribution >= 4 is 23.5 Å². The van der Waals surface area contributed by atoms with Gasteiger partial charge in [-0.25, -0.2) is 4.79 Å². The number of alkyl halides is 3. The minimum absolute atomic E-state index is 0.00373. The van der Waals surface area contributed by atoms with Gasteiger partial charge in [0.1, 0.15) is 5.75 Å². The number of aromatic nitrogens is 1. The van der Waals surface area contributed by atoms with Gasteiger partial charge in [0.2, 0.25) is 0 Å². The van der Waals surface area contributed by atoms with Gasteiger partial charge in [0.25, 0.3) is 5.91 Å². The number of hydrogen-bond acceptors (Lipinski definition) is 4. The highest BCUT2D eigenvalue weighted by atomic mass is 35.5. The standard InChI is InChI=1S/C29H22ClF3N2O4/c30-22-8-4-6-19(14-22)25-16-20(28(38)35-12-10-23-9-1-2-11-34-23)15-24(27(25)39-17-26(36)37)18-5-3-7-21(13-18)29(31,32)33/h1-9,11,13-16H,10,12,17H2,(H,35,38)(H,36,37). The van der Waals surface area contributed by atoms with Gasteiger partial charge in [-0.3, -0.25) is 9.78 Å². The van der Waals surface area contributed by atoms with Crippen LogP contribution in [0.1, 0.15) is 21.6 Å². The highest BCUT2D eigenvalue weighted by Crippen LogP contribution is 2.42. The van der Waals surface area contributed by atoms with Gasteiger partial charge in [0, 0.05) is 46.6 Å². The van der Waals surface area contributed by atoms with Crippen molar-refractivity contribution in [2.75, 3.05) is 13.2 Å². The third-order valence-electron chi connectivity index (χ3n) is 5.72. The quantitative estimate of drug-likeness (QED) is 0.246. The Morgan fingerprint density at radius 2 is 1.62 bits per heavy atom. The first-order valence-corrected chi connectivity index (χ1v) is 12.1. The summed E-state index contributed by atoms with van der Waals surface area (Å²) in [7, 11) is 0. The van der Waals surface area contributed by atoms with Gasteiger partial charge in [0.15, 0.2) is 6.61 Å². The number of carboxylic acid groups (broad SMARTS) is 1. The molecule has 0 aliphatic carbocycles. The average molecular weight is 555 g/mol. The fourth-order valence-electron chi connectivity index (χ4n) is 3.95. The van der Waals surface area contributed by atoms with Crippen LogP contribution in [-0.4, -0.2) is 35.1 Å². The highest BCUT2D eigenvalue weighted by molar-refractivity contribution is 6.30. The van der Waals surface area contributed by atoms with Crippen molar-refractivity contribution in [2.45, 2.75) is 12.6 Å². The Labute approximate surface area is 227 Å². The summed E-state index contributed by atoms with van der Waals surface area (Å²) in [5, 5.41) is 12.4. The van der Waals surface area contributed by atoms with Crippen LogP contribution in [0.5, 0.6) is 5.75 Å². The molecule has 0 saturated carbocycles. The van der Waals surface area contributed by atoms with Gasteiger partial charge < -0.3 is 15.2 Å². The molecule has 1 heterocycles. The molecular weight excluding hydrogens is 533 g/mol. The summed E-state index contributed by atoms with van der Waals surface area (Å²) < 4.78 is 46.2. The number of halogens is 4. The van der Waals surface area contributed by atoms with E-state index in [2.05, 4.69) is 10.3 Å². The van der Waals surface area contributed by atoms with Crippen molar-refractivity contribution in [3.05, 3.63) is 107 Å². The van der Waals surface area contributed by atoms with Gasteiger partial charge in [-0.1, -0.05) is 41.9 Å². The van der Waals surface area contributed by atoms with Crippen molar-refractivity contribution in [3.8, 4) is 28.0 Å². The van der Waals surface area contributed by atoms with E-state index in [0.29, 0.717) is 22.6 Å². The molecule has 3 aromatic carbocycles. The maximum absolute atomic E-state index is 13.5. The van der Waals surface area contributed by atoms with E-state index >= 15 is 0 Å². The molecule has 0 fully saturated rings. The number of aliphatic carboxylic acids is 1. The van der Waals surface area contributed by atoms with E-state index in [-0.39, 0.29) is 29.0 Å². The second kappa shape index (κ2) is 12.0. The molecule has 0 aliphatic heterocycles. The Balaban J connectivity index is 1.83. The Morgan fingerprint density at radius 1 is 0.923 bits per heavy atom. The molecule has 200 valence electrons. The number of carboxylic acids is 1. The van der Waals surface area contributed by atoms with Gasteiger partial charge >= 0.3 is 12.1 Å². The van der Waals surface area contributed by atoms with Gasteiger partial charge in [-0.15, -0.1) is 0 Å². The van der Waals surface area contributed by atoms with E-state index in [0.717, 1.165) is 17.8 Å². The van der Waals surface area contributed by atoms with Crippen molar-refractivity contribution in [1.82, 2.24) is 10.3 Å². The van der Waals surface area contributed by atoms with E-state index in [9.17, 15) is 27.9 Å². The molecule has 6 nitrogen and oxygen atoms in total. The Morgan fingerprint density at radius 3 is 2.23 bits per heavy atom. The number of benzene rings is 3. The molecule has 39 heavy (non-hydrogen) atoms. The lowest BCUT2D eigenvalue weighted by molar-refractivity contribution is -0.139. The molecule has 0 bridgehead atoms. The molecular formula is C29H22ClF3N2O4. The number of nitrogens with zero attached hydrogens (tertiary/aromatic N) is 1. The number of rotatable bonds is 9. The maximum Gasteiger partial charge on any atom is 0.416 e. The van der Waals surface area contributed by atoms with Crippen LogP contribution in [0.15, 0.2) is 85.1 Å². The van der Waals surface area contributed by atoms with Crippen LogP contribution in [0.3, 0.4) is 0 Å². The highest BCUT2D eigenvalue weighted by Gasteiger charge is 2.31. The fraction of sp³-hybridized carbons (Fsp3) is 0.138. The number of nitrogens with one attached hydrogen (secondary N) is 1. The van der Waals surface area contributed by atoms with E-state index in [1.165, 1.54) is 24.3 Å². The Kier molecular flexibility index (Phi) is 8.51. The summed E-state index contributed by atoms with van der Waals surface area (Å²) in [5.74, 6) is -1.75. The van der Waals surface area contributed by atoms with Crippen molar-refractivity contribution in [1.29, 1.82) is 0 Å². The van der Waals surface area contributed by atoms with E-state index in [4.69, 9.17) is 16.3 Å². The van der Waals surface area contributed by atoms with E-state index < -0.39 is 30.2 Å². The number of ether oxygens (including phenoxy) is 1. The number of hydrogen-bond donors (Lipinski definition) is 2. The number of carbonyl (C=O) groups excluding carboxylic acids is 1. The van der Waals surface area contributed by atoms with Crippen LogP contribution in [0, 0.1) is 0 Å². The molecule has 0 saturated heterocycles. The first kappa shape index (κ1) is 27.7. The lowest BCUT2D eigenvalue weighted by Gasteiger charge is -2.19. The van der Waals surface area contributed by atoms with Crippen LogP contribution in [-0.2, 0) is 17.4 Å². The van der Waals surface area contributed by atoms with Crippen LogP contribution in [0.25, 0.3) is 22.3 Å². The van der Waals surface area contributed by atoms with Gasteiger partial charge in [0.05, 0.1) is 5.56 Å². The zero-order valence-corrected chi connectivity index (χ0v) is 21.1. The molecule has 4 rings (SSSR count). The van der Waals surface area contributed by atoms with Crippen LogP contribution >= 0.6 is 11.6 Å². The second-order valence-electron chi connectivity index (χ2n) is 8.50. The predicted octanol–water partition coefficient (Wildman–Crippen LogP) is 6.52. The summed E-state index contributed by atoms with van der Waals surface area (Å²) in [6, 6.07) is 19.4. The molecule has 0 unspecified atom stereocenters. The third-order valence-corrected chi connectivity index (χ3v) is 5.96. The zero-order chi connectivity index (χ0) is 28.0. The summed E-state index contributed by atoms with van der Waals surface area (Å²) in [6.07, 6.45) is -2.51. The molecule has 0 aliphatic rings. The van der Waals surface area contributed by atoms with E-state index in [1.54, 1.807) is 36.5 Å². The molecule has 0 atom stereocenters. The minimum atomic E-state index is -4.62. The smallest absolute Gasteiger partial charge is 0.416 e. The molecule has 0 spiro atoms. The van der Waals surface area contributed by atoms with Crippen LogP contribution < -0.4 is 10.1 Å². The van der Waals surface area contributed by atoms with Gasteiger partial charge in [-0.2, -0.15) is 13.2 Å². The molecule has 4 aromatic rings. The number of pyridine rings is 1. The lowest BCUT2D eigenvalue weighted by Crippen LogP contribution is -2.26. The summed E-state index contributed by atoms with van der Waals surface area (Å²) in [4.78, 5) is 28.8. The van der Waals surface area contributed by atoms with Crippen molar-refractivity contribution in [2.24, 2.45) is 0 Å². The van der Waals surface area contributed by atoms with Crippen LogP contribution in [0.4, 0.5) is 13.2 Å². The molecule has 0 radical (unpaired) electrons. The van der Waals surface area contributed by atoms with Crippen molar-refractivity contribution < 1.29 is 32.6 Å². The molecule has 1 aromatic heterocycles. The zero-order valence-electron chi connectivity index (χ0n) is 20.3. The SMILES string of the molecule is O=C(O)COc1c(-c2cccc(Cl)c2)cc(C(=O)NCCc2ccccn2)cc1-c1cccc(C(F)(F)F)c1. The normalized spacial score (nSPS) is 11.2. The summed E-state index contributed by atoms with van der Waals surface area (Å²) in [5.41, 5.74) is 1.01. The Bertz CT molecular complexity index is 1490. The summed E-state index contributed by atoms with van der Waals surface area (Å²) >= 11 is 6.19. The molecule has 2 N–H and O–H groups in total. The van der Waals surface area contributed by atoms with E-state index in [1.807, 2.05) is 12.1 Å². The fourth-order valence-corrected chi connectivity index (χ4v) is 4.14. The Hall–Kier alpha value is -4.37. The first-order valence-electron chi connectivity index (χ1n) is 11.8. The number of amides is 1. The maximum atomic E-state index is 13.5. The van der Waals surface area contributed by atoms with Crippen molar-refractivity contribution in [3.63, 3.8) is 0 Å². The minimum Gasteiger partial charge on any atom is -0.481 e. The third kappa shape index (κ3) is 7.14. The predicted molar refractivity (Wildman–Crippen MR) is 141 cm³/mol. The average Bonchev–Trinajstić information content (AvgIpc) is 2.91. The summed E-state index contributed by atoms with van der Waals surface area (Å²) in [6.45, 7) is -0.492.